The molecule has 1 aliphatic rings. The highest BCUT2D eigenvalue weighted by Crippen LogP contribution is 2.29. The first-order chi connectivity index (χ1) is 12.2. The van der Waals surface area contributed by atoms with Gasteiger partial charge in [-0.1, -0.05) is 30.3 Å². The Morgan fingerprint density at radius 1 is 1.24 bits per heavy atom. The monoisotopic (exact) mass is 337 g/mol. The van der Waals surface area contributed by atoms with E-state index in [-0.39, 0.29) is 18.6 Å². The summed E-state index contributed by atoms with van der Waals surface area (Å²) >= 11 is 0. The molecule has 2 aromatic carbocycles. The third kappa shape index (κ3) is 4.41. The normalized spacial score (nSPS) is 13.9. The van der Waals surface area contributed by atoms with E-state index in [0.29, 0.717) is 5.57 Å². The first-order valence-corrected chi connectivity index (χ1v) is 8.52. The molecule has 0 bridgehead atoms. The Morgan fingerprint density at radius 2 is 2.04 bits per heavy atom. The molecule has 1 aliphatic heterocycles. The third-order valence-corrected chi connectivity index (χ3v) is 4.31. The highest BCUT2D eigenvalue weighted by Gasteiger charge is 2.19. The van der Waals surface area contributed by atoms with Crippen molar-refractivity contribution in [3.05, 3.63) is 65.2 Å². The first kappa shape index (κ1) is 17.1. The van der Waals surface area contributed by atoms with E-state index >= 15 is 0 Å². The summed E-state index contributed by atoms with van der Waals surface area (Å²) in [5.74, 6) is 1.44. The van der Waals surface area contributed by atoms with E-state index in [1.807, 2.05) is 49.4 Å². The summed E-state index contributed by atoms with van der Waals surface area (Å²) in [4.78, 5) is 12.5. The average molecular weight is 337 g/mol. The molecule has 1 amide bonds. The van der Waals surface area contributed by atoms with Crippen molar-refractivity contribution in [2.75, 3.05) is 13.7 Å². The van der Waals surface area contributed by atoms with Crippen molar-refractivity contribution in [3.8, 4) is 11.5 Å². The van der Waals surface area contributed by atoms with Crippen LogP contribution < -0.4 is 14.8 Å². The zero-order valence-electron chi connectivity index (χ0n) is 14.6. The molecule has 25 heavy (non-hydrogen) atoms. The zero-order chi connectivity index (χ0) is 17.6. The molecule has 2 aromatic rings. The fraction of sp³-hybridized carbons (Fsp3) is 0.286. The number of aryl methyl sites for hydroxylation is 1. The van der Waals surface area contributed by atoms with Gasteiger partial charge in [0.15, 0.2) is 0 Å². The van der Waals surface area contributed by atoms with Crippen molar-refractivity contribution in [1.29, 1.82) is 0 Å². The van der Waals surface area contributed by atoms with Crippen LogP contribution in [0.25, 0.3) is 6.08 Å². The molecule has 1 heterocycles. The number of nitrogens with one attached hydrogen (secondary N) is 1. The number of amides is 1. The summed E-state index contributed by atoms with van der Waals surface area (Å²) in [5, 5.41) is 3.06. The lowest BCUT2D eigenvalue weighted by Gasteiger charge is -2.20. The van der Waals surface area contributed by atoms with Gasteiger partial charge in [0.2, 0.25) is 0 Å². The Kier molecular flexibility index (Phi) is 5.39. The second-order valence-electron chi connectivity index (χ2n) is 6.26. The summed E-state index contributed by atoms with van der Waals surface area (Å²) in [5.41, 5.74) is 2.78. The molecule has 0 fully saturated rings. The molecule has 4 nitrogen and oxygen atoms in total. The standard InChI is InChI=1S/C21H23NO3/c1-15(8-9-16-6-4-3-5-7-16)22-21(23)18-12-17-13-19(24-2)10-11-20(17)25-14-18/h3-7,10-13,15H,8-9,14H2,1-2H3,(H,22,23)/t15-/m1/s1. The largest absolute Gasteiger partial charge is 0.497 e. The molecular formula is C21H23NO3. The number of ether oxygens (including phenoxy) is 2. The fourth-order valence-corrected chi connectivity index (χ4v) is 2.83. The van der Waals surface area contributed by atoms with Gasteiger partial charge in [0, 0.05) is 11.6 Å². The molecule has 0 unspecified atom stereocenters. The molecular weight excluding hydrogens is 314 g/mol. The summed E-state index contributed by atoms with van der Waals surface area (Å²) < 4.78 is 10.9. The van der Waals surface area contributed by atoms with E-state index in [1.54, 1.807) is 7.11 Å². The van der Waals surface area contributed by atoms with Crippen LogP contribution in [0.3, 0.4) is 0 Å². The number of hydrogen-bond donors (Lipinski definition) is 1. The van der Waals surface area contributed by atoms with Gasteiger partial charge in [-0.15, -0.1) is 0 Å². The van der Waals surface area contributed by atoms with E-state index in [9.17, 15) is 4.79 Å². The van der Waals surface area contributed by atoms with Crippen molar-refractivity contribution in [3.63, 3.8) is 0 Å². The number of carbonyl (C=O) groups is 1. The predicted octanol–water partition coefficient (Wildman–Crippen LogP) is 3.61. The van der Waals surface area contributed by atoms with Gasteiger partial charge in [-0.3, -0.25) is 4.79 Å². The molecule has 4 heteroatoms. The van der Waals surface area contributed by atoms with E-state index in [1.165, 1.54) is 5.56 Å². The number of hydrogen-bond acceptors (Lipinski definition) is 3. The van der Waals surface area contributed by atoms with Gasteiger partial charge in [-0.2, -0.15) is 0 Å². The van der Waals surface area contributed by atoms with E-state index < -0.39 is 0 Å². The van der Waals surface area contributed by atoms with Crippen LogP contribution in [0.15, 0.2) is 54.1 Å². The number of rotatable bonds is 6. The van der Waals surface area contributed by atoms with Crippen LogP contribution >= 0.6 is 0 Å². The quantitative estimate of drug-likeness (QED) is 0.876. The zero-order valence-corrected chi connectivity index (χ0v) is 14.6. The second kappa shape index (κ2) is 7.88. The molecule has 1 N–H and O–H groups in total. The number of benzene rings is 2. The molecule has 130 valence electrons. The topological polar surface area (TPSA) is 47.6 Å². The van der Waals surface area contributed by atoms with E-state index in [2.05, 4.69) is 17.4 Å². The summed E-state index contributed by atoms with van der Waals surface area (Å²) in [7, 11) is 1.62. The van der Waals surface area contributed by atoms with Crippen LogP contribution in [-0.4, -0.2) is 25.7 Å². The summed E-state index contributed by atoms with van der Waals surface area (Å²) in [6.07, 6.45) is 3.72. The molecule has 0 aromatic heterocycles. The van der Waals surface area contributed by atoms with Crippen LogP contribution in [0.1, 0.15) is 24.5 Å². The van der Waals surface area contributed by atoms with E-state index in [4.69, 9.17) is 9.47 Å². The van der Waals surface area contributed by atoms with Crippen LogP contribution in [0.2, 0.25) is 0 Å². The minimum absolute atomic E-state index is 0.0750. The highest BCUT2D eigenvalue weighted by molar-refractivity contribution is 5.99. The average Bonchev–Trinajstić information content (AvgIpc) is 2.66. The van der Waals surface area contributed by atoms with Gasteiger partial charge < -0.3 is 14.8 Å². The minimum Gasteiger partial charge on any atom is -0.497 e. The van der Waals surface area contributed by atoms with Crippen molar-refractivity contribution in [2.24, 2.45) is 0 Å². The highest BCUT2D eigenvalue weighted by atomic mass is 16.5. The van der Waals surface area contributed by atoms with Crippen molar-refractivity contribution < 1.29 is 14.3 Å². The molecule has 0 aliphatic carbocycles. The maximum Gasteiger partial charge on any atom is 0.250 e. The second-order valence-corrected chi connectivity index (χ2v) is 6.26. The van der Waals surface area contributed by atoms with Crippen LogP contribution in [-0.2, 0) is 11.2 Å². The molecule has 0 saturated heterocycles. The number of fused-ring (bicyclic) bond motifs is 1. The minimum atomic E-state index is -0.0750. The summed E-state index contributed by atoms with van der Waals surface area (Å²) in [6.45, 7) is 2.32. The van der Waals surface area contributed by atoms with Crippen LogP contribution in [0.5, 0.6) is 11.5 Å². The van der Waals surface area contributed by atoms with Crippen molar-refractivity contribution >= 4 is 12.0 Å². The SMILES string of the molecule is COc1ccc2c(c1)C=C(C(=O)N[C@H](C)CCc1ccccc1)CO2. The molecule has 0 spiro atoms. The Bertz CT molecular complexity index is 768. The molecule has 0 radical (unpaired) electrons. The lowest BCUT2D eigenvalue weighted by atomic mass is 10.0. The van der Waals surface area contributed by atoms with Gasteiger partial charge >= 0.3 is 0 Å². The van der Waals surface area contributed by atoms with Gasteiger partial charge in [0.1, 0.15) is 18.1 Å². The Balaban J connectivity index is 1.60. The Hall–Kier alpha value is -2.75. The van der Waals surface area contributed by atoms with Crippen LogP contribution in [0.4, 0.5) is 0 Å². The lowest BCUT2D eigenvalue weighted by molar-refractivity contribution is -0.118. The summed E-state index contributed by atoms with van der Waals surface area (Å²) in [6, 6.07) is 16.0. The fourth-order valence-electron chi connectivity index (χ4n) is 2.83. The maximum absolute atomic E-state index is 12.5. The van der Waals surface area contributed by atoms with Crippen LogP contribution in [0, 0.1) is 0 Å². The number of carbonyl (C=O) groups excluding carboxylic acids is 1. The van der Waals surface area contributed by atoms with E-state index in [0.717, 1.165) is 29.9 Å². The first-order valence-electron chi connectivity index (χ1n) is 8.52. The van der Waals surface area contributed by atoms with Crippen molar-refractivity contribution in [1.82, 2.24) is 5.32 Å². The van der Waals surface area contributed by atoms with Gasteiger partial charge in [-0.05, 0) is 49.6 Å². The number of methoxy groups -OCH3 is 1. The van der Waals surface area contributed by atoms with Gasteiger partial charge in [0.25, 0.3) is 5.91 Å². The third-order valence-electron chi connectivity index (χ3n) is 4.31. The maximum atomic E-state index is 12.5. The van der Waals surface area contributed by atoms with Gasteiger partial charge in [-0.25, -0.2) is 0 Å². The predicted molar refractivity (Wildman–Crippen MR) is 98.8 cm³/mol. The van der Waals surface area contributed by atoms with Crippen molar-refractivity contribution in [2.45, 2.75) is 25.8 Å². The molecule has 0 saturated carbocycles. The van der Waals surface area contributed by atoms with Gasteiger partial charge in [0.05, 0.1) is 12.7 Å². The Morgan fingerprint density at radius 3 is 2.80 bits per heavy atom. The smallest absolute Gasteiger partial charge is 0.250 e. The Labute approximate surface area is 148 Å². The molecule has 3 rings (SSSR count). The lowest BCUT2D eigenvalue weighted by Crippen LogP contribution is -2.35. The molecule has 1 atom stereocenters.